The minimum atomic E-state index is -0.199. The van der Waals surface area contributed by atoms with Gasteiger partial charge in [-0.25, -0.2) is 0 Å². The van der Waals surface area contributed by atoms with E-state index in [-0.39, 0.29) is 12.5 Å². The van der Waals surface area contributed by atoms with E-state index in [1.807, 2.05) is 13.0 Å². The molecule has 0 radical (unpaired) electrons. The summed E-state index contributed by atoms with van der Waals surface area (Å²) in [6.45, 7) is 2.59. The van der Waals surface area contributed by atoms with Gasteiger partial charge in [0.25, 0.3) is 5.91 Å². The molecule has 3 heterocycles. The first-order chi connectivity index (χ1) is 16.1. The topological polar surface area (TPSA) is 126 Å². The second-order valence-corrected chi connectivity index (χ2v) is 7.69. The lowest BCUT2D eigenvalue weighted by atomic mass is 10.2. The molecule has 0 aliphatic heterocycles. The summed E-state index contributed by atoms with van der Waals surface area (Å²) in [5.74, 6) is 1.91. The van der Waals surface area contributed by atoms with Crippen LogP contribution in [0.2, 0.25) is 0 Å². The van der Waals surface area contributed by atoms with Crippen molar-refractivity contribution < 1.29 is 19.0 Å². The number of carbonyl (C=O) groups is 1. The van der Waals surface area contributed by atoms with Gasteiger partial charge >= 0.3 is 0 Å². The number of amides is 1. The van der Waals surface area contributed by atoms with Crippen molar-refractivity contribution in [2.24, 2.45) is 0 Å². The molecule has 0 atom stereocenters. The summed E-state index contributed by atoms with van der Waals surface area (Å²) in [6.07, 6.45) is 1.62. The van der Waals surface area contributed by atoms with E-state index in [1.165, 1.54) is 0 Å². The van der Waals surface area contributed by atoms with Gasteiger partial charge in [0.15, 0.2) is 23.0 Å². The molecule has 11 nitrogen and oxygen atoms in total. The number of ether oxygens (including phenoxy) is 3. The largest absolute Gasteiger partial charge is 0.493 e. The van der Waals surface area contributed by atoms with Crippen molar-refractivity contribution in [1.29, 1.82) is 0 Å². The van der Waals surface area contributed by atoms with Crippen LogP contribution >= 0.6 is 11.5 Å². The van der Waals surface area contributed by atoms with Crippen LogP contribution in [0.15, 0.2) is 30.3 Å². The average molecular weight is 470 g/mol. The summed E-state index contributed by atoms with van der Waals surface area (Å²) < 4.78 is 21.9. The van der Waals surface area contributed by atoms with Gasteiger partial charge in [0, 0.05) is 11.6 Å². The molecule has 172 valence electrons. The summed E-state index contributed by atoms with van der Waals surface area (Å²) in [6, 6.07) is 8.92. The van der Waals surface area contributed by atoms with Crippen LogP contribution in [0, 0.1) is 0 Å². The highest BCUT2D eigenvalue weighted by molar-refractivity contribution is 7.08. The number of rotatable bonds is 10. The molecule has 12 heteroatoms. The number of fused-ring (bicyclic) bond motifs is 1. The molecular weight excluding hydrogens is 446 g/mol. The number of carbonyl (C=O) groups excluding carboxylic acids is 1. The molecule has 0 aliphatic rings. The maximum absolute atomic E-state index is 12.4. The monoisotopic (exact) mass is 469 g/mol. The smallest absolute Gasteiger partial charge is 0.265 e. The van der Waals surface area contributed by atoms with E-state index in [0.717, 1.165) is 35.6 Å². The number of hydrogen-bond donors (Lipinski definition) is 1. The SMILES string of the molecule is CCCc1nnsc1C(=O)NCCOc1ccc2nnc(-c3ccc(OC)c(OC)c3)n2n1. The third-order valence-corrected chi connectivity index (χ3v) is 5.53. The summed E-state index contributed by atoms with van der Waals surface area (Å²) in [5, 5.41) is 19.7. The van der Waals surface area contributed by atoms with Crippen LogP contribution < -0.4 is 19.5 Å². The summed E-state index contributed by atoms with van der Waals surface area (Å²) in [7, 11) is 3.15. The lowest BCUT2D eigenvalue weighted by molar-refractivity contribution is 0.0949. The molecule has 0 aliphatic carbocycles. The summed E-state index contributed by atoms with van der Waals surface area (Å²) in [5.41, 5.74) is 2.06. The molecule has 4 aromatic rings. The molecule has 0 spiro atoms. The van der Waals surface area contributed by atoms with Crippen molar-refractivity contribution in [3.63, 3.8) is 0 Å². The van der Waals surface area contributed by atoms with E-state index in [2.05, 4.69) is 30.2 Å². The van der Waals surface area contributed by atoms with Crippen LogP contribution in [0.25, 0.3) is 17.0 Å². The summed E-state index contributed by atoms with van der Waals surface area (Å²) >= 11 is 1.10. The Hall–Kier alpha value is -3.80. The van der Waals surface area contributed by atoms with Crippen molar-refractivity contribution in [3.8, 4) is 28.8 Å². The van der Waals surface area contributed by atoms with E-state index in [1.54, 1.807) is 43.0 Å². The van der Waals surface area contributed by atoms with Crippen molar-refractivity contribution >= 4 is 23.1 Å². The van der Waals surface area contributed by atoms with Gasteiger partial charge in [-0.05, 0) is 42.2 Å². The minimum Gasteiger partial charge on any atom is -0.493 e. The zero-order valence-electron chi connectivity index (χ0n) is 18.4. The number of nitrogens with zero attached hydrogens (tertiary/aromatic N) is 6. The standard InChI is InChI=1S/C21H23N7O4S/c1-4-5-14-19(33-27-23-14)21(29)22-10-11-32-18-9-8-17-24-25-20(28(17)26-18)13-6-7-15(30-2)16(12-13)31-3/h6-9,12H,4-5,10-11H2,1-3H3,(H,22,29). The van der Waals surface area contributed by atoms with Crippen LogP contribution in [0.5, 0.6) is 17.4 Å². The maximum Gasteiger partial charge on any atom is 0.265 e. The van der Waals surface area contributed by atoms with Crippen LogP contribution in [-0.4, -0.2) is 62.7 Å². The number of aryl methyl sites for hydroxylation is 1. The third kappa shape index (κ3) is 4.85. The fraction of sp³-hybridized carbons (Fsp3) is 0.333. The molecule has 1 amide bonds. The quantitative estimate of drug-likeness (QED) is 0.348. The Morgan fingerprint density at radius 2 is 1.94 bits per heavy atom. The Bertz CT molecular complexity index is 1260. The lowest BCUT2D eigenvalue weighted by Crippen LogP contribution is -2.28. The zero-order valence-corrected chi connectivity index (χ0v) is 19.3. The second kappa shape index (κ2) is 10.2. The number of methoxy groups -OCH3 is 2. The minimum absolute atomic E-state index is 0.199. The maximum atomic E-state index is 12.4. The van der Waals surface area contributed by atoms with Crippen molar-refractivity contribution in [1.82, 2.24) is 34.7 Å². The van der Waals surface area contributed by atoms with Gasteiger partial charge in [-0.3, -0.25) is 4.79 Å². The molecule has 0 bridgehead atoms. The van der Waals surface area contributed by atoms with E-state index >= 15 is 0 Å². The molecule has 4 rings (SSSR count). The van der Waals surface area contributed by atoms with Crippen molar-refractivity contribution in [3.05, 3.63) is 40.9 Å². The fourth-order valence-corrected chi connectivity index (χ4v) is 3.81. The fourth-order valence-electron chi connectivity index (χ4n) is 3.19. The highest BCUT2D eigenvalue weighted by Crippen LogP contribution is 2.31. The first-order valence-electron chi connectivity index (χ1n) is 10.3. The zero-order chi connectivity index (χ0) is 23.2. The Labute approximate surface area is 193 Å². The van der Waals surface area contributed by atoms with Gasteiger partial charge in [0.1, 0.15) is 11.5 Å². The molecule has 0 saturated heterocycles. The van der Waals surface area contributed by atoms with Gasteiger partial charge in [-0.2, -0.15) is 4.52 Å². The molecule has 1 N–H and O–H groups in total. The number of nitrogens with one attached hydrogen (secondary N) is 1. The number of benzene rings is 1. The summed E-state index contributed by atoms with van der Waals surface area (Å²) in [4.78, 5) is 12.9. The molecule has 0 fully saturated rings. The molecule has 1 aromatic carbocycles. The molecular formula is C21H23N7O4S. The first kappa shape index (κ1) is 22.4. The van der Waals surface area contributed by atoms with Crippen LogP contribution in [0.1, 0.15) is 28.7 Å². The third-order valence-electron chi connectivity index (χ3n) is 4.77. The predicted octanol–water partition coefficient (Wildman–Crippen LogP) is 2.42. The normalized spacial score (nSPS) is 10.9. The van der Waals surface area contributed by atoms with Gasteiger partial charge in [-0.1, -0.05) is 17.8 Å². The van der Waals surface area contributed by atoms with Gasteiger partial charge in [-0.15, -0.1) is 20.4 Å². The van der Waals surface area contributed by atoms with E-state index in [4.69, 9.17) is 14.2 Å². The van der Waals surface area contributed by atoms with Crippen molar-refractivity contribution in [2.75, 3.05) is 27.4 Å². The number of aromatic nitrogens is 6. The molecule has 33 heavy (non-hydrogen) atoms. The Balaban J connectivity index is 1.42. The van der Waals surface area contributed by atoms with Crippen LogP contribution in [-0.2, 0) is 6.42 Å². The van der Waals surface area contributed by atoms with Crippen molar-refractivity contribution in [2.45, 2.75) is 19.8 Å². The molecule has 0 unspecified atom stereocenters. The van der Waals surface area contributed by atoms with Gasteiger partial charge in [0.05, 0.1) is 26.5 Å². The Kier molecular flexibility index (Phi) is 6.93. The molecule has 0 saturated carbocycles. The molecule has 3 aromatic heterocycles. The number of hydrogen-bond acceptors (Lipinski definition) is 10. The van der Waals surface area contributed by atoms with Gasteiger partial charge < -0.3 is 19.5 Å². The predicted molar refractivity (Wildman–Crippen MR) is 121 cm³/mol. The highest BCUT2D eigenvalue weighted by Gasteiger charge is 2.16. The van der Waals surface area contributed by atoms with Gasteiger partial charge in [0.2, 0.25) is 5.88 Å². The first-order valence-corrected chi connectivity index (χ1v) is 11.1. The Morgan fingerprint density at radius 1 is 1.09 bits per heavy atom. The average Bonchev–Trinajstić information content (AvgIpc) is 3.48. The van der Waals surface area contributed by atoms with E-state index < -0.39 is 0 Å². The second-order valence-electron chi connectivity index (χ2n) is 6.94. The van der Waals surface area contributed by atoms with E-state index in [0.29, 0.717) is 40.3 Å². The lowest BCUT2D eigenvalue weighted by Gasteiger charge is -2.09. The van der Waals surface area contributed by atoms with Crippen LogP contribution in [0.3, 0.4) is 0 Å². The van der Waals surface area contributed by atoms with E-state index in [9.17, 15) is 4.79 Å². The highest BCUT2D eigenvalue weighted by atomic mass is 32.1. The Morgan fingerprint density at radius 3 is 2.73 bits per heavy atom. The van der Waals surface area contributed by atoms with Crippen LogP contribution in [0.4, 0.5) is 0 Å².